The Labute approximate surface area is 186 Å². The maximum absolute atomic E-state index is 12.7. The molecule has 0 aliphatic rings. The molecule has 0 saturated carbocycles. The Bertz CT molecular complexity index is 848. The van der Waals surface area contributed by atoms with Crippen molar-refractivity contribution in [1.29, 1.82) is 0 Å². The van der Waals surface area contributed by atoms with E-state index in [0.29, 0.717) is 36.6 Å². The van der Waals surface area contributed by atoms with Gasteiger partial charge in [-0.3, -0.25) is 9.59 Å². The van der Waals surface area contributed by atoms with Gasteiger partial charge >= 0.3 is 0 Å². The summed E-state index contributed by atoms with van der Waals surface area (Å²) in [6.07, 6.45) is 4.06. The van der Waals surface area contributed by atoms with E-state index in [1.54, 1.807) is 6.07 Å². The second kappa shape index (κ2) is 12.7. The SMILES string of the molecule is CCCCc1ccc(C(=O)Nc2ccc(N(C)C)c(C(=O)NCCCOCC)c2)cc1. The van der Waals surface area contributed by atoms with E-state index in [4.69, 9.17) is 4.74 Å². The monoisotopic (exact) mass is 425 g/mol. The highest BCUT2D eigenvalue weighted by Crippen LogP contribution is 2.23. The van der Waals surface area contributed by atoms with Gasteiger partial charge in [0.25, 0.3) is 11.8 Å². The molecule has 0 radical (unpaired) electrons. The van der Waals surface area contributed by atoms with Gasteiger partial charge in [0.05, 0.1) is 5.56 Å². The van der Waals surface area contributed by atoms with Crippen LogP contribution in [0.4, 0.5) is 11.4 Å². The number of benzene rings is 2. The van der Waals surface area contributed by atoms with Crippen molar-refractivity contribution in [1.82, 2.24) is 5.32 Å². The number of anilines is 2. The lowest BCUT2D eigenvalue weighted by molar-refractivity contribution is 0.0943. The van der Waals surface area contributed by atoms with Crippen LogP contribution in [-0.2, 0) is 11.2 Å². The number of rotatable bonds is 12. The quantitative estimate of drug-likeness (QED) is 0.491. The standard InChI is InChI=1S/C25H35N3O3/c1-5-7-9-19-10-12-20(13-11-19)24(29)27-21-14-15-23(28(3)4)22(18-21)25(30)26-16-8-17-31-6-2/h10-15,18H,5-9,16-17H2,1-4H3,(H,26,30)(H,27,29). The molecule has 0 heterocycles. The first-order chi connectivity index (χ1) is 15.0. The maximum atomic E-state index is 12.7. The second-order valence-electron chi connectivity index (χ2n) is 7.69. The Morgan fingerprint density at radius 3 is 2.35 bits per heavy atom. The van der Waals surface area contributed by atoms with Gasteiger partial charge in [-0.05, 0) is 62.1 Å². The predicted octanol–water partition coefficient (Wildman–Crippen LogP) is 4.50. The molecule has 0 unspecified atom stereocenters. The molecule has 168 valence electrons. The van der Waals surface area contributed by atoms with Crippen molar-refractivity contribution in [3.05, 3.63) is 59.2 Å². The summed E-state index contributed by atoms with van der Waals surface area (Å²) in [5.74, 6) is -0.362. The fourth-order valence-corrected chi connectivity index (χ4v) is 3.21. The Balaban J connectivity index is 2.08. The van der Waals surface area contributed by atoms with Gasteiger partial charge in [0, 0.05) is 50.8 Å². The van der Waals surface area contributed by atoms with Crippen molar-refractivity contribution >= 4 is 23.2 Å². The van der Waals surface area contributed by atoms with Crippen LogP contribution < -0.4 is 15.5 Å². The average Bonchev–Trinajstić information content (AvgIpc) is 2.77. The zero-order valence-corrected chi connectivity index (χ0v) is 19.2. The van der Waals surface area contributed by atoms with Crippen molar-refractivity contribution < 1.29 is 14.3 Å². The van der Waals surface area contributed by atoms with E-state index in [9.17, 15) is 9.59 Å². The molecule has 2 aromatic carbocycles. The van der Waals surface area contributed by atoms with E-state index in [0.717, 1.165) is 31.4 Å². The molecular formula is C25H35N3O3. The lowest BCUT2D eigenvalue weighted by Crippen LogP contribution is -2.27. The van der Waals surface area contributed by atoms with Gasteiger partial charge in [0.15, 0.2) is 0 Å². The molecule has 0 bridgehead atoms. The van der Waals surface area contributed by atoms with Gasteiger partial charge in [0.1, 0.15) is 0 Å². The highest BCUT2D eigenvalue weighted by atomic mass is 16.5. The molecular weight excluding hydrogens is 390 g/mol. The molecule has 0 aromatic heterocycles. The molecule has 0 saturated heterocycles. The maximum Gasteiger partial charge on any atom is 0.255 e. The first-order valence-electron chi connectivity index (χ1n) is 11.0. The molecule has 6 heteroatoms. The van der Waals surface area contributed by atoms with Crippen molar-refractivity contribution in [2.24, 2.45) is 0 Å². The van der Waals surface area contributed by atoms with Crippen LogP contribution in [0, 0.1) is 0 Å². The second-order valence-corrected chi connectivity index (χ2v) is 7.69. The number of carbonyl (C=O) groups excluding carboxylic acids is 2. The topological polar surface area (TPSA) is 70.7 Å². The molecule has 2 rings (SSSR count). The normalized spacial score (nSPS) is 10.6. The molecule has 0 atom stereocenters. The van der Waals surface area contributed by atoms with Crippen LogP contribution >= 0.6 is 0 Å². The van der Waals surface area contributed by atoms with Crippen molar-refractivity contribution in [3.63, 3.8) is 0 Å². The molecule has 0 aliphatic heterocycles. The van der Waals surface area contributed by atoms with Gasteiger partial charge in [-0.1, -0.05) is 25.5 Å². The minimum Gasteiger partial charge on any atom is -0.382 e. The third kappa shape index (κ3) is 7.72. The lowest BCUT2D eigenvalue weighted by atomic mass is 10.1. The number of nitrogens with one attached hydrogen (secondary N) is 2. The van der Waals surface area contributed by atoms with Crippen LogP contribution in [0.5, 0.6) is 0 Å². The van der Waals surface area contributed by atoms with Gasteiger partial charge < -0.3 is 20.3 Å². The first-order valence-corrected chi connectivity index (χ1v) is 11.0. The van der Waals surface area contributed by atoms with E-state index in [1.807, 2.05) is 62.3 Å². The molecule has 2 aromatic rings. The fraction of sp³-hybridized carbons (Fsp3) is 0.440. The van der Waals surface area contributed by atoms with Gasteiger partial charge in [0.2, 0.25) is 0 Å². The number of nitrogens with zero attached hydrogens (tertiary/aromatic N) is 1. The number of aryl methyl sites for hydroxylation is 1. The highest BCUT2D eigenvalue weighted by Gasteiger charge is 2.15. The zero-order valence-electron chi connectivity index (χ0n) is 19.2. The molecule has 2 amide bonds. The van der Waals surface area contributed by atoms with E-state index in [-0.39, 0.29) is 11.8 Å². The third-order valence-corrected chi connectivity index (χ3v) is 4.97. The average molecular weight is 426 g/mol. The number of hydrogen-bond donors (Lipinski definition) is 2. The summed E-state index contributed by atoms with van der Waals surface area (Å²) in [6.45, 7) is 5.93. The molecule has 0 spiro atoms. The van der Waals surface area contributed by atoms with Crippen LogP contribution in [0.1, 0.15) is 59.4 Å². The summed E-state index contributed by atoms with van der Waals surface area (Å²) >= 11 is 0. The number of carbonyl (C=O) groups is 2. The van der Waals surface area contributed by atoms with Crippen molar-refractivity contribution in [2.45, 2.75) is 39.5 Å². The number of hydrogen-bond acceptors (Lipinski definition) is 4. The lowest BCUT2D eigenvalue weighted by Gasteiger charge is -2.18. The largest absolute Gasteiger partial charge is 0.382 e. The van der Waals surface area contributed by atoms with Crippen LogP contribution in [0.25, 0.3) is 0 Å². The smallest absolute Gasteiger partial charge is 0.255 e. The zero-order chi connectivity index (χ0) is 22.6. The highest BCUT2D eigenvalue weighted by molar-refractivity contribution is 6.06. The Hall–Kier alpha value is -2.86. The number of unbranched alkanes of at least 4 members (excludes halogenated alkanes) is 1. The van der Waals surface area contributed by atoms with Crippen LogP contribution in [-0.4, -0.2) is 45.7 Å². The Morgan fingerprint density at radius 1 is 0.968 bits per heavy atom. The molecule has 31 heavy (non-hydrogen) atoms. The number of amides is 2. The molecule has 6 nitrogen and oxygen atoms in total. The molecule has 2 N–H and O–H groups in total. The summed E-state index contributed by atoms with van der Waals surface area (Å²) < 4.78 is 5.31. The fourth-order valence-electron chi connectivity index (χ4n) is 3.21. The summed E-state index contributed by atoms with van der Waals surface area (Å²) in [5.41, 5.74) is 3.73. The van der Waals surface area contributed by atoms with Gasteiger partial charge in [-0.25, -0.2) is 0 Å². The number of ether oxygens (including phenoxy) is 1. The molecule has 0 aliphatic carbocycles. The van der Waals surface area contributed by atoms with Crippen molar-refractivity contribution in [3.8, 4) is 0 Å². The minimum atomic E-state index is -0.192. The summed E-state index contributed by atoms with van der Waals surface area (Å²) in [7, 11) is 3.78. The predicted molar refractivity (Wildman–Crippen MR) is 127 cm³/mol. The molecule has 0 fully saturated rings. The summed E-state index contributed by atoms with van der Waals surface area (Å²) in [5, 5.41) is 5.84. The van der Waals surface area contributed by atoms with Gasteiger partial charge in [-0.2, -0.15) is 0 Å². The van der Waals surface area contributed by atoms with Crippen molar-refractivity contribution in [2.75, 3.05) is 44.1 Å². The first kappa shape index (κ1) is 24.4. The van der Waals surface area contributed by atoms with Crippen LogP contribution in [0.3, 0.4) is 0 Å². The van der Waals surface area contributed by atoms with E-state index in [2.05, 4.69) is 17.6 Å². The summed E-state index contributed by atoms with van der Waals surface area (Å²) in [4.78, 5) is 27.3. The Morgan fingerprint density at radius 2 is 1.71 bits per heavy atom. The Kier molecular flexibility index (Phi) is 10.0. The third-order valence-electron chi connectivity index (χ3n) is 4.97. The van der Waals surface area contributed by atoms with E-state index in [1.165, 1.54) is 5.56 Å². The van der Waals surface area contributed by atoms with E-state index >= 15 is 0 Å². The minimum absolute atomic E-state index is 0.170. The van der Waals surface area contributed by atoms with Crippen LogP contribution in [0.2, 0.25) is 0 Å². The van der Waals surface area contributed by atoms with Gasteiger partial charge in [-0.15, -0.1) is 0 Å². The van der Waals surface area contributed by atoms with E-state index < -0.39 is 0 Å². The van der Waals surface area contributed by atoms with Crippen LogP contribution in [0.15, 0.2) is 42.5 Å². The summed E-state index contributed by atoms with van der Waals surface area (Å²) in [6, 6.07) is 13.1.